The quantitative estimate of drug-likeness (QED) is 0.396. The van der Waals surface area contributed by atoms with E-state index in [9.17, 15) is 13.2 Å². The van der Waals surface area contributed by atoms with Gasteiger partial charge in [0.25, 0.3) is 6.43 Å². The number of nitrogens with zero attached hydrogens (tertiary/aromatic N) is 7. The first-order chi connectivity index (χ1) is 17.2. The molecule has 0 unspecified atom stereocenters. The van der Waals surface area contributed by atoms with Crippen molar-refractivity contribution in [1.29, 1.82) is 0 Å². The predicted molar refractivity (Wildman–Crippen MR) is 133 cm³/mol. The smallest absolute Gasteiger partial charge is 0.256 e. The third-order valence-electron chi connectivity index (χ3n) is 6.75. The number of fused-ring (bicyclic) bond motifs is 2. The highest BCUT2D eigenvalue weighted by Gasteiger charge is 2.31. The zero-order valence-corrected chi connectivity index (χ0v) is 20.7. The Balaban J connectivity index is 1.48. The number of halogens is 3. The van der Waals surface area contributed by atoms with Gasteiger partial charge in [-0.1, -0.05) is 0 Å². The summed E-state index contributed by atoms with van der Waals surface area (Å²) in [4.78, 5) is 15.8. The van der Waals surface area contributed by atoms with Gasteiger partial charge >= 0.3 is 0 Å². The molecule has 12 heteroatoms. The Labute approximate surface area is 206 Å². The lowest BCUT2D eigenvalue weighted by atomic mass is 10.0. The summed E-state index contributed by atoms with van der Waals surface area (Å²) in [5, 5.41) is 10.8. The molecule has 9 nitrogen and oxygen atoms in total. The minimum absolute atomic E-state index is 0.303. The van der Waals surface area contributed by atoms with Gasteiger partial charge < -0.3 is 15.2 Å². The van der Waals surface area contributed by atoms with Crippen LogP contribution in [0.1, 0.15) is 26.1 Å². The van der Waals surface area contributed by atoms with Gasteiger partial charge in [0.05, 0.1) is 18.3 Å². The van der Waals surface area contributed by atoms with E-state index in [1.54, 1.807) is 36.8 Å². The summed E-state index contributed by atoms with van der Waals surface area (Å²) in [6.07, 6.45) is -1.11. The monoisotopic (exact) mass is 501 g/mol. The molecule has 1 saturated heterocycles. The van der Waals surface area contributed by atoms with Gasteiger partial charge in [-0.05, 0) is 45.4 Å². The second-order valence-electron chi connectivity index (χ2n) is 9.40. The Morgan fingerprint density at radius 3 is 2.64 bits per heavy atom. The molecule has 5 heterocycles. The Morgan fingerprint density at radius 2 is 1.94 bits per heavy atom. The Morgan fingerprint density at radius 1 is 1.14 bits per heavy atom. The minimum atomic E-state index is -2.52. The average Bonchev–Trinajstić information content (AvgIpc) is 3.40. The van der Waals surface area contributed by atoms with E-state index >= 15 is 0 Å². The van der Waals surface area contributed by atoms with Crippen molar-refractivity contribution in [3.8, 4) is 11.3 Å². The van der Waals surface area contributed by atoms with Crippen molar-refractivity contribution < 1.29 is 13.2 Å². The zero-order chi connectivity index (χ0) is 25.6. The average molecular weight is 502 g/mol. The number of rotatable bonds is 7. The molecule has 1 fully saturated rings. The van der Waals surface area contributed by atoms with Gasteiger partial charge in [0.15, 0.2) is 11.5 Å². The molecule has 0 spiro atoms. The maximum atomic E-state index is 14.9. The molecule has 192 valence electrons. The molecule has 2 N–H and O–H groups in total. The number of hydrogen-bond donors (Lipinski definition) is 2. The molecule has 0 bridgehead atoms. The van der Waals surface area contributed by atoms with Crippen LogP contribution >= 0.6 is 0 Å². The highest BCUT2D eigenvalue weighted by molar-refractivity contribution is 5.89. The van der Waals surface area contributed by atoms with E-state index in [1.165, 1.54) is 4.57 Å². The van der Waals surface area contributed by atoms with Crippen LogP contribution < -0.4 is 10.6 Å². The van der Waals surface area contributed by atoms with Crippen molar-refractivity contribution in [2.24, 2.45) is 0 Å². The topological polar surface area (TPSA) is 88.2 Å². The second-order valence-corrected chi connectivity index (χ2v) is 9.40. The van der Waals surface area contributed by atoms with Crippen LogP contribution in [-0.2, 0) is 6.54 Å². The predicted octanol–water partition coefficient (Wildman–Crippen LogP) is 3.99. The van der Waals surface area contributed by atoms with E-state index < -0.39 is 19.1 Å². The molecule has 1 aliphatic heterocycles. The van der Waals surface area contributed by atoms with Gasteiger partial charge in [-0.3, -0.25) is 4.90 Å². The van der Waals surface area contributed by atoms with Gasteiger partial charge in [0.2, 0.25) is 5.95 Å². The third-order valence-corrected chi connectivity index (χ3v) is 6.75. The summed E-state index contributed by atoms with van der Waals surface area (Å²) in [6, 6.07) is 5.36. The van der Waals surface area contributed by atoms with Crippen LogP contribution in [0.2, 0.25) is 0 Å². The molecule has 0 aromatic carbocycles. The van der Waals surface area contributed by atoms with E-state index in [1.807, 2.05) is 6.07 Å². The van der Waals surface area contributed by atoms with Gasteiger partial charge in [-0.15, -0.1) is 5.10 Å². The summed E-state index contributed by atoms with van der Waals surface area (Å²) < 4.78 is 44.2. The van der Waals surface area contributed by atoms with E-state index in [0.717, 1.165) is 12.1 Å². The molecule has 5 rings (SSSR count). The lowest BCUT2D eigenvalue weighted by molar-refractivity contribution is 0.102. The fraction of sp³-hybridized carbons (Fsp3) is 0.500. The van der Waals surface area contributed by atoms with Crippen LogP contribution in [-0.4, -0.2) is 78.9 Å². The molecule has 4 aromatic rings. The van der Waals surface area contributed by atoms with E-state index in [0.29, 0.717) is 59.0 Å². The second kappa shape index (κ2) is 9.57. The van der Waals surface area contributed by atoms with E-state index in [-0.39, 0.29) is 6.04 Å². The van der Waals surface area contributed by atoms with Crippen molar-refractivity contribution in [3.63, 3.8) is 0 Å². The highest BCUT2D eigenvalue weighted by Crippen LogP contribution is 2.31. The maximum Gasteiger partial charge on any atom is 0.256 e. The highest BCUT2D eigenvalue weighted by atomic mass is 19.3. The van der Waals surface area contributed by atoms with Crippen molar-refractivity contribution in [2.75, 3.05) is 30.8 Å². The van der Waals surface area contributed by atoms with E-state index in [2.05, 4.69) is 49.4 Å². The molecular weight excluding hydrogens is 471 g/mol. The number of piperidine rings is 1. The fourth-order valence-corrected chi connectivity index (χ4v) is 4.81. The number of nitrogens with one attached hydrogen (secondary N) is 2. The molecule has 4 aromatic heterocycles. The van der Waals surface area contributed by atoms with Crippen LogP contribution in [0.25, 0.3) is 27.9 Å². The van der Waals surface area contributed by atoms with Gasteiger partial charge in [-0.25, -0.2) is 27.7 Å². The number of pyridine rings is 1. The summed E-state index contributed by atoms with van der Waals surface area (Å²) in [5.41, 5.74) is 2.96. The Kier molecular flexibility index (Phi) is 6.45. The molecule has 36 heavy (non-hydrogen) atoms. The number of anilines is 2. The Bertz CT molecular complexity index is 1380. The SMILES string of the molecule is CNc1nc(N[C@H]2CCN(C(C)C)C[C@H]2F)nn2ccc(-c3ccc4nc(C)n(CC(F)F)c4n3)c12. The lowest BCUT2D eigenvalue weighted by Gasteiger charge is -2.37. The number of likely N-dealkylation sites (tertiary alicyclic amines) is 1. The summed E-state index contributed by atoms with van der Waals surface area (Å²) in [7, 11) is 1.75. The van der Waals surface area contributed by atoms with Crippen LogP contribution in [0, 0.1) is 6.92 Å². The number of hydrogen-bond acceptors (Lipinski definition) is 7. The molecule has 0 saturated carbocycles. The van der Waals surface area contributed by atoms with Crippen molar-refractivity contribution >= 4 is 28.4 Å². The third kappa shape index (κ3) is 4.45. The molecule has 2 atom stereocenters. The molecular formula is C24H30F3N9. The maximum absolute atomic E-state index is 14.9. The summed E-state index contributed by atoms with van der Waals surface area (Å²) in [6.45, 7) is 6.54. The number of imidazole rings is 1. The normalized spacial score (nSPS) is 19.1. The largest absolute Gasteiger partial charge is 0.371 e. The van der Waals surface area contributed by atoms with Crippen LogP contribution in [0.15, 0.2) is 24.4 Å². The number of aromatic nitrogens is 6. The fourth-order valence-electron chi connectivity index (χ4n) is 4.81. The molecule has 0 aliphatic carbocycles. The van der Waals surface area contributed by atoms with Crippen molar-refractivity contribution in [1.82, 2.24) is 34.0 Å². The lowest BCUT2D eigenvalue weighted by Crippen LogP contribution is -2.50. The number of aryl methyl sites for hydroxylation is 1. The summed E-state index contributed by atoms with van der Waals surface area (Å²) >= 11 is 0. The summed E-state index contributed by atoms with van der Waals surface area (Å²) in [5.74, 6) is 1.35. The zero-order valence-electron chi connectivity index (χ0n) is 20.7. The van der Waals surface area contributed by atoms with Crippen LogP contribution in [0.4, 0.5) is 24.9 Å². The van der Waals surface area contributed by atoms with Crippen molar-refractivity contribution in [2.45, 2.75) is 58.4 Å². The standard InChI is InChI=1S/C24H30F3N9/c1-13(2)34-9-8-18(16(25)11-34)31-24-32-22(28-4)21-15(7-10-36(21)33-24)17-5-6-19-23(30-17)35(12-20(26)27)14(3)29-19/h5-7,10,13,16,18,20H,8-9,11-12H2,1-4H3,(H2,28,31,32,33)/t16-,18+/m1/s1. The first kappa shape index (κ1) is 24.3. The van der Waals surface area contributed by atoms with Crippen LogP contribution in [0.3, 0.4) is 0 Å². The first-order valence-electron chi connectivity index (χ1n) is 12.1. The molecule has 0 amide bonds. The molecule has 0 radical (unpaired) electrons. The van der Waals surface area contributed by atoms with Crippen molar-refractivity contribution in [3.05, 3.63) is 30.2 Å². The van der Waals surface area contributed by atoms with Gasteiger partial charge in [-0.2, -0.15) is 4.98 Å². The number of alkyl halides is 3. The van der Waals surface area contributed by atoms with Gasteiger partial charge in [0.1, 0.15) is 23.0 Å². The first-order valence-corrected chi connectivity index (χ1v) is 12.1. The van der Waals surface area contributed by atoms with Gasteiger partial charge in [0, 0.05) is 37.9 Å². The minimum Gasteiger partial charge on any atom is -0.371 e. The van der Waals surface area contributed by atoms with E-state index in [4.69, 9.17) is 0 Å². The molecule has 1 aliphatic rings. The Hall–Kier alpha value is -3.41. The van der Waals surface area contributed by atoms with Crippen LogP contribution in [0.5, 0.6) is 0 Å².